The molecule has 7 heteroatoms. The topological polar surface area (TPSA) is 80.3 Å². The molecule has 3 rings (SSSR count). The standard InChI is InChI=1S/C16H23NO4S2/c1-11(2)12-3-7-14(8-4-12)23(20,21)16-10-22(18,19)9-15(16)17-13-5-6-13/h3-4,7-8,11,13,15-17H,5-6,9-10H2,1-2H3/t15-,16-/m0/s1. The SMILES string of the molecule is CC(C)c1ccc(S(=O)(=O)[C@H]2CS(=O)(=O)C[C@@H]2NC2CC2)cc1. The van der Waals surface area contributed by atoms with Crippen molar-refractivity contribution in [2.75, 3.05) is 11.5 Å². The maximum absolute atomic E-state index is 12.9. The van der Waals surface area contributed by atoms with Gasteiger partial charge in [0.1, 0.15) is 0 Å². The van der Waals surface area contributed by atoms with Crippen LogP contribution < -0.4 is 5.32 Å². The normalized spacial score (nSPS) is 27.4. The molecular formula is C16H23NO4S2. The second-order valence-corrected chi connectivity index (χ2v) is 11.3. The molecule has 23 heavy (non-hydrogen) atoms. The first-order chi connectivity index (χ1) is 10.7. The van der Waals surface area contributed by atoms with Crippen LogP contribution in [0.4, 0.5) is 0 Å². The highest BCUT2D eigenvalue weighted by Gasteiger charge is 2.47. The predicted molar refractivity (Wildman–Crippen MR) is 90.1 cm³/mol. The van der Waals surface area contributed by atoms with E-state index in [0.29, 0.717) is 5.92 Å². The lowest BCUT2D eigenvalue weighted by Crippen LogP contribution is -2.44. The molecule has 1 aliphatic heterocycles. The predicted octanol–water partition coefficient (Wildman–Crippen LogP) is 1.50. The van der Waals surface area contributed by atoms with Crippen LogP contribution in [-0.2, 0) is 19.7 Å². The van der Waals surface area contributed by atoms with Gasteiger partial charge in [-0.05, 0) is 36.5 Å². The van der Waals surface area contributed by atoms with Crippen LogP contribution in [-0.4, -0.2) is 45.7 Å². The van der Waals surface area contributed by atoms with Crippen LogP contribution in [0.15, 0.2) is 29.2 Å². The Labute approximate surface area is 138 Å². The molecule has 1 aliphatic carbocycles. The summed E-state index contributed by atoms with van der Waals surface area (Å²) in [6.07, 6.45) is 1.98. The van der Waals surface area contributed by atoms with Gasteiger partial charge >= 0.3 is 0 Å². The number of hydrogen-bond donors (Lipinski definition) is 1. The molecule has 128 valence electrons. The third kappa shape index (κ3) is 3.61. The molecule has 0 unspecified atom stereocenters. The van der Waals surface area contributed by atoms with E-state index in [1.54, 1.807) is 12.1 Å². The van der Waals surface area contributed by atoms with Crippen LogP contribution in [0.3, 0.4) is 0 Å². The fraction of sp³-hybridized carbons (Fsp3) is 0.625. The van der Waals surface area contributed by atoms with Crippen molar-refractivity contribution >= 4 is 19.7 Å². The highest BCUT2D eigenvalue weighted by molar-refractivity contribution is 7.96. The average Bonchev–Trinajstić information content (AvgIpc) is 3.22. The fourth-order valence-corrected chi connectivity index (χ4v) is 7.72. The zero-order valence-corrected chi connectivity index (χ0v) is 15.0. The largest absolute Gasteiger partial charge is 0.309 e. The molecule has 0 bridgehead atoms. The van der Waals surface area contributed by atoms with E-state index in [9.17, 15) is 16.8 Å². The van der Waals surface area contributed by atoms with Crippen LogP contribution in [0.2, 0.25) is 0 Å². The summed E-state index contributed by atoms with van der Waals surface area (Å²) >= 11 is 0. The van der Waals surface area contributed by atoms with Crippen molar-refractivity contribution in [3.8, 4) is 0 Å². The molecule has 1 N–H and O–H groups in total. The van der Waals surface area contributed by atoms with Gasteiger partial charge in [0.25, 0.3) is 0 Å². The van der Waals surface area contributed by atoms with Crippen LogP contribution in [0.5, 0.6) is 0 Å². The van der Waals surface area contributed by atoms with Gasteiger partial charge in [-0.1, -0.05) is 26.0 Å². The molecule has 2 aliphatic rings. The van der Waals surface area contributed by atoms with Crippen molar-refractivity contribution in [3.63, 3.8) is 0 Å². The zero-order valence-electron chi connectivity index (χ0n) is 13.4. The van der Waals surface area contributed by atoms with Crippen molar-refractivity contribution in [1.29, 1.82) is 0 Å². The minimum atomic E-state index is -3.66. The summed E-state index contributed by atoms with van der Waals surface area (Å²) in [6, 6.07) is 6.60. The first-order valence-electron chi connectivity index (χ1n) is 7.99. The Hall–Kier alpha value is -0.920. The van der Waals surface area contributed by atoms with Gasteiger partial charge in [-0.3, -0.25) is 0 Å². The molecule has 1 saturated carbocycles. The third-order valence-electron chi connectivity index (χ3n) is 4.60. The summed E-state index contributed by atoms with van der Waals surface area (Å²) in [5.41, 5.74) is 1.07. The van der Waals surface area contributed by atoms with Gasteiger partial charge in [-0.2, -0.15) is 0 Å². The van der Waals surface area contributed by atoms with E-state index >= 15 is 0 Å². The Morgan fingerprint density at radius 3 is 2.22 bits per heavy atom. The third-order valence-corrected chi connectivity index (χ3v) is 8.77. The Morgan fingerprint density at radius 2 is 1.70 bits per heavy atom. The maximum Gasteiger partial charge on any atom is 0.183 e. The summed E-state index contributed by atoms with van der Waals surface area (Å²) < 4.78 is 49.8. The monoisotopic (exact) mass is 357 g/mol. The van der Waals surface area contributed by atoms with Gasteiger partial charge in [0.2, 0.25) is 0 Å². The smallest absolute Gasteiger partial charge is 0.183 e. The summed E-state index contributed by atoms with van der Waals surface area (Å²) in [7, 11) is -6.98. The minimum absolute atomic E-state index is 0.0858. The number of hydrogen-bond acceptors (Lipinski definition) is 5. The summed E-state index contributed by atoms with van der Waals surface area (Å²) in [5, 5.41) is 2.31. The van der Waals surface area contributed by atoms with Crippen LogP contribution in [0.25, 0.3) is 0 Å². The molecule has 1 saturated heterocycles. The summed E-state index contributed by atoms with van der Waals surface area (Å²) in [5.74, 6) is -0.0498. The van der Waals surface area contributed by atoms with Crippen molar-refractivity contribution in [2.24, 2.45) is 0 Å². The molecule has 0 amide bonds. The van der Waals surface area contributed by atoms with Gasteiger partial charge in [-0.25, -0.2) is 16.8 Å². The molecular weight excluding hydrogens is 334 g/mol. The lowest BCUT2D eigenvalue weighted by atomic mass is 10.0. The molecule has 1 aromatic rings. The van der Waals surface area contributed by atoms with E-state index in [2.05, 4.69) is 5.32 Å². The zero-order chi connectivity index (χ0) is 16.8. The first-order valence-corrected chi connectivity index (χ1v) is 11.4. The molecule has 5 nitrogen and oxygen atoms in total. The highest BCUT2D eigenvalue weighted by atomic mass is 32.2. The number of benzene rings is 1. The second kappa shape index (κ2) is 5.86. The Balaban J connectivity index is 1.90. The van der Waals surface area contributed by atoms with E-state index in [4.69, 9.17) is 0 Å². The van der Waals surface area contributed by atoms with Crippen LogP contribution in [0.1, 0.15) is 38.2 Å². The minimum Gasteiger partial charge on any atom is -0.309 e. The Bertz CT molecular complexity index is 778. The first kappa shape index (κ1) is 16.9. The van der Waals surface area contributed by atoms with E-state index in [1.807, 2.05) is 26.0 Å². The van der Waals surface area contributed by atoms with Gasteiger partial charge in [0.15, 0.2) is 19.7 Å². The van der Waals surface area contributed by atoms with E-state index in [0.717, 1.165) is 18.4 Å². The lowest BCUT2D eigenvalue weighted by Gasteiger charge is -2.20. The average molecular weight is 357 g/mol. The number of nitrogens with one attached hydrogen (secondary N) is 1. The van der Waals surface area contributed by atoms with Gasteiger partial charge in [0, 0.05) is 12.1 Å². The summed E-state index contributed by atoms with van der Waals surface area (Å²) in [6.45, 7) is 4.09. The van der Waals surface area contributed by atoms with E-state index in [1.165, 1.54) is 0 Å². The van der Waals surface area contributed by atoms with E-state index in [-0.39, 0.29) is 22.4 Å². The Kier molecular flexibility index (Phi) is 4.31. The van der Waals surface area contributed by atoms with Crippen LogP contribution >= 0.6 is 0 Å². The Morgan fingerprint density at radius 1 is 1.09 bits per heavy atom. The highest BCUT2D eigenvalue weighted by Crippen LogP contribution is 2.29. The van der Waals surface area contributed by atoms with Gasteiger partial charge in [0.05, 0.1) is 21.7 Å². The fourth-order valence-electron chi connectivity index (χ4n) is 3.05. The van der Waals surface area contributed by atoms with Crippen LogP contribution in [0, 0.1) is 0 Å². The van der Waals surface area contributed by atoms with Crippen molar-refractivity contribution in [1.82, 2.24) is 5.32 Å². The van der Waals surface area contributed by atoms with Gasteiger partial charge < -0.3 is 5.32 Å². The molecule has 2 atom stereocenters. The molecule has 0 aromatic heterocycles. The molecule has 1 aromatic carbocycles. The number of sulfone groups is 2. The number of rotatable bonds is 5. The molecule has 0 radical (unpaired) electrons. The quantitative estimate of drug-likeness (QED) is 0.864. The molecule has 0 spiro atoms. The summed E-state index contributed by atoms with van der Waals surface area (Å²) in [4.78, 5) is 0.214. The van der Waals surface area contributed by atoms with Gasteiger partial charge in [-0.15, -0.1) is 0 Å². The van der Waals surface area contributed by atoms with Crippen molar-refractivity contribution < 1.29 is 16.8 Å². The second-order valence-electron chi connectivity index (χ2n) is 6.93. The van der Waals surface area contributed by atoms with Crippen molar-refractivity contribution in [3.05, 3.63) is 29.8 Å². The maximum atomic E-state index is 12.9. The molecule has 1 heterocycles. The van der Waals surface area contributed by atoms with Crippen molar-refractivity contribution in [2.45, 2.75) is 54.8 Å². The lowest BCUT2D eigenvalue weighted by molar-refractivity contribution is 0.524. The molecule has 2 fully saturated rings. The van der Waals surface area contributed by atoms with E-state index < -0.39 is 31.0 Å².